The molecule has 0 spiro atoms. The monoisotopic (exact) mass is 679 g/mol. The van der Waals surface area contributed by atoms with Crippen LogP contribution in [-0.2, 0) is 48.0 Å². The summed E-state index contributed by atoms with van der Waals surface area (Å²) in [5.41, 5.74) is 2.64. The number of aromatic nitrogens is 1. The fourth-order valence-electron chi connectivity index (χ4n) is 6.12. The number of hydrogen-bond donors (Lipinski definition) is 5. The second kappa shape index (κ2) is 16.3. The molecular formula is C39H45N5O6. The highest BCUT2D eigenvalue weighted by Crippen LogP contribution is 2.21. The Balaban J connectivity index is 1.48. The van der Waals surface area contributed by atoms with E-state index in [4.69, 9.17) is 4.74 Å². The summed E-state index contributed by atoms with van der Waals surface area (Å²) in [6.45, 7) is 5.20. The average Bonchev–Trinajstić information content (AvgIpc) is 3.48. The Labute approximate surface area is 291 Å². The van der Waals surface area contributed by atoms with Gasteiger partial charge in [-0.2, -0.15) is 0 Å². The second-order valence-electron chi connectivity index (χ2n) is 13.8. The van der Waals surface area contributed by atoms with Crippen LogP contribution in [0.5, 0.6) is 0 Å². The van der Waals surface area contributed by atoms with E-state index in [2.05, 4.69) is 26.3 Å². The predicted molar refractivity (Wildman–Crippen MR) is 190 cm³/mol. The van der Waals surface area contributed by atoms with Crippen molar-refractivity contribution >= 4 is 40.5 Å². The number of hydrogen-bond acceptors (Lipinski definition) is 6. The van der Waals surface area contributed by atoms with E-state index in [0.717, 1.165) is 27.6 Å². The Kier molecular flexibility index (Phi) is 11.7. The van der Waals surface area contributed by atoms with Gasteiger partial charge in [-0.05, 0) is 49.9 Å². The molecule has 1 saturated heterocycles. The highest BCUT2D eigenvalue weighted by Gasteiger charge is 2.33. The van der Waals surface area contributed by atoms with Gasteiger partial charge in [0.05, 0.1) is 18.4 Å². The number of carbonyl (C=O) groups is 5. The maximum Gasteiger partial charge on any atom is 0.307 e. The van der Waals surface area contributed by atoms with Crippen molar-refractivity contribution in [2.75, 3.05) is 6.54 Å². The van der Waals surface area contributed by atoms with Crippen molar-refractivity contribution < 1.29 is 28.7 Å². The van der Waals surface area contributed by atoms with Gasteiger partial charge in [-0.3, -0.25) is 24.0 Å². The van der Waals surface area contributed by atoms with Gasteiger partial charge in [-0.15, -0.1) is 0 Å². The molecular weight excluding hydrogens is 634 g/mol. The van der Waals surface area contributed by atoms with Crippen LogP contribution in [-0.4, -0.2) is 64.9 Å². The molecule has 50 heavy (non-hydrogen) atoms. The maximum atomic E-state index is 14.1. The molecule has 0 radical (unpaired) electrons. The molecule has 262 valence electrons. The van der Waals surface area contributed by atoms with Gasteiger partial charge in [0.1, 0.15) is 17.7 Å². The van der Waals surface area contributed by atoms with E-state index in [1.807, 2.05) is 84.9 Å². The van der Waals surface area contributed by atoms with E-state index in [1.165, 1.54) is 0 Å². The van der Waals surface area contributed by atoms with Gasteiger partial charge in [-0.25, -0.2) is 0 Å². The van der Waals surface area contributed by atoms with Crippen LogP contribution < -0.4 is 21.3 Å². The number of nitrogens with one attached hydrogen (secondary N) is 5. The van der Waals surface area contributed by atoms with Gasteiger partial charge >= 0.3 is 5.97 Å². The highest BCUT2D eigenvalue weighted by molar-refractivity contribution is 5.95. The number of aromatic amines is 1. The lowest BCUT2D eigenvalue weighted by molar-refractivity contribution is -0.157. The van der Waals surface area contributed by atoms with E-state index in [-0.39, 0.29) is 32.2 Å². The Hall–Kier alpha value is -5.45. The molecule has 1 fully saturated rings. The minimum atomic E-state index is -1.10. The van der Waals surface area contributed by atoms with E-state index in [0.29, 0.717) is 6.42 Å². The molecule has 11 nitrogen and oxygen atoms in total. The summed E-state index contributed by atoms with van der Waals surface area (Å²) >= 11 is 0. The van der Waals surface area contributed by atoms with Crippen molar-refractivity contribution in [1.29, 1.82) is 0 Å². The SMILES string of the molecule is CC(C)(C)OC(=O)CC1CC(=O)NC(Cc2c[nH]c3ccccc23)C(=O)NC(Cc2ccccc2)C(=O)N[C@H](Cc2ccccc2)CNC1=O. The molecule has 0 aliphatic carbocycles. The van der Waals surface area contributed by atoms with Gasteiger partial charge in [0.25, 0.3) is 0 Å². The first kappa shape index (κ1) is 35.8. The van der Waals surface area contributed by atoms with Gasteiger partial charge in [0.2, 0.25) is 23.6 Å². The number of carbonyl (C=O) groups excluding carboxylic acids is 5. The summed E-state index contributed by atoms with van der Waals surface area (Å²) in [4.78, 5) is 71.6. The molecule has 5 rings (SSSR count). The first-order chi connectivity index (χ1) is 23.9. The molecule has 3 unspecified atom stereocenters. The van der Waals surface area contributed by atoms with E-state index >= 15 is 0 Å². The number of H-pyrrole nitrogens is 1. The topological polar surface area (TPSA) is 158 Å². The standard InChI is InChI=1S/C39H45N5O6/c1-39(2,3)50-35(46)22-27-21-34(45)43-33(20-28-23-40-31-17-11-10-16-30(28)31)38(49)44-32(19-26-14-8-5-9-15-26)37(48)42-29(24-41-36(27)47)18-25-12-6-4-7-13-25/h4-17,23,27,29,32-33,40H,18-22,24H2,1-3H3,(H,41,47)(H,42,48)(H,43,45)(H,44,49)/t27?,29-,32?,33?/m1/s1. The van der Waals surface area contributed by atoms with Crippen LogP contribution in [0.1, 0.15) is 50.3 Å². The van der Waals surface area contributed by atoms with E-state index < -0.39 is 59.2 Å². The molecule has 1 aliphatic rings. The lowest BCUT2D eigenvalue weighted by Crippen LogP contribution is -2.58. The fraction of sp³-hybridized carbons (Fsp3) is 0.359. The van der Waals surface area contributed by atoms with Crippen LogP contribution >= 0.6 is 0 Å². The van der Waals surface area contributed by atoms with Crippen molar-refractivity contribution in [3.05, 3.63) is 108 Å². The van der Waals surface area contributed by atoms with E-state index in [1.54, 1.807) is 27.0 Å². The van der Waals surface area contributed by atoms with Crippen LogP contribution in [0, 0.1) is 5.92 Å². The molecule has 1 aromatic heterocycles. The molecule has 0 bridgehead atoms. The first-order valence-corrected chi connectivity index (χ1v) is 17.0. The molecule has 1 aliphatic heterocycles. The number of ether oxygens (including phenoxy) is 1. The van der Waals surface area contributed by atoms with Crippen LogP contribution in [0.3, 0.4) is 0 Å². The van der Waals surface area contributed by atoms with Gasteiger partial charge in [-0.1, -0.05) is 78.9 Å². The summed E-state index contributed by atoms with van der Waals surface area (Å²) in [5.74, 6) is -3.81. The summed E-state index contributed by atoms with van der Waals surface area (Å²) in [6, 6.07) is 23.8. The third kappa shape index (κ3) is 10.3. The largest absolute Gasteiger partial charge is 0.460 e. The third-order valence-corrected chi connectivity index (χ3v) is 8.50. The maximum absolute atomic E-state index is 14.1. The number of para-hydroxylation sites is 1. The number of amides is 4. The highest BCUT2D eigenvalue weighted by atomic mass is 16.6. The Morgan fingerprint density at radius 3 is 2.00 bits per heavy atom. The summed E-state index contributed by atoms with van der Waals surface area (Å²) < 4.78 is 5.48. The third-order valence-electron chi connectivity index (χ3n) is 8.50. The predicted octanol–water partition coefficient (Wildman–Crippen LogP) is 3.52. The van der Waals surface area contributed by atoms with Crippen LogP contribution in [0.4, 0.5) is 0 Å². The molecule has 4 atom stereocenters. The Morgan fingerprint density at radius 1 is 0.720 bits per heavy atom. The molecule has 0 saturated carbocycles. The van der Waals surface area contributed by atoms with Gasteiger partial charge in [0, 0.05) is 42.9 Å². The molecule has 3 aromatic carbocycles. The van der Waals surface area contributed by atoms with Gasteiger partial charge in [0.15, 0.2) is 0 Å². The first-order valence-electron chi connectivity index (χ1n) is 17.0. The zero-order valence-electron chi connectivity index (χ0n) is 28.7. The summed E-state index contributed by atoms with van der Waals surface area (Å²) in [6.07, 6.45) is 1.79. The van der Waals surface area contributed by atoms with Gasteiger partial charge < -0.3 is 31.0 Å². The smallest absolute Gasteiger partial charge is 0.307 e. The number of esters is 1. The molecule has 5 N–H and O–H groups in total. The molecule has 2 heterocycles. The Bertz CT molecular complexity index is 1800. The van der Waals surface area contributed by atoms with Crippen LogP contribution in [0.15, 0.2) is 91.1 Å². The molecule has 4 aromatic rings. The number of rotatable bonds is 8. The minimum absolute atomic E-state index is 0.0289. The average molecular weight is 680 g/mol. The number of benzene rings is 3. The zero-order valence-corrected chi connectivity index (χ0v) is 28.7. The normalized spacial score (nSPS) is 20.9. The Morgan fingerprint density at radius 2 is 1.32 bits per heavy atom. The van der Waals surface area contributed by atoms with Crippen molar-refractivity contribution in [3.8, 4) is 0 Å². The van der Waals surface area contributed by atoms with Crippen molar-refractivity contribution in [1.82, 2.24) is 26.3 Å². The summed E-state index contributed by atoms with van der Waals surface area (Å²) in [7, 11) is 0. The summed E-state index contributed by atoms with van der Waals surface area (Å²) in [5, 5.41) is 12.6. The van der Waals surface area contributed by atoms with Crippen molar-refractivity contribution in [3.63, 3.8) is 0 Å². The minimum Gasteiger partial charge on any atom is -0.460 e. The van der Waals surface area contributed by atoms with Crippen molar-refractivity contribution in [2.24, 2.45) is 5.92 Å². The zero-order chi connectivity index (χ0) is 35.7. The van der Waals surface area contributed by atoms with E-state index in [9.17, 15) is 24.0 Å². The fourth-order valence-corrected chi connectivity index (χ4v) is 6.12. The van der Waals surface area contributed by atoms with Crippen LogP contribution in [0.2, 0.25) is 0 Å². The van der Waals surface area contributed by atoms with Crippen molar-refractivity contribution in [2.45, 2.75) is 76.6 Å². The quantitative estimate of drug-likeness (QED) is 0.179. The number of fused-ring (bicyclic) bond motifs is 1. The lowest BCUT2D eigenvalue weighted by atomic mass is 9.97. The molecule has 11 heteroatoms. The molecule has 4 amide bonds. The lowest BCUT2D eigenvalue weighted by Gasteiger charge is -2.28. The second-order valence-corrected chi connectivity index (χ2v) is 13.8. The van der Waals surface area contributed by atoms with Crippen LogP contribution in [0.25, 0.3) is 10.9 Å².